The Morgan fingerprint density at radius 3 is 1.99 bits per heavy atom. The second-order valence-electron chi connectivity index (χ2n) is 18.4. The number of aromatic nitrogens is 4. The second kappa shape index (κ2) is 41.1. The van der Waals surface area contributed by atoms with Gasteiger partial charge >= 0.3 is 11.9 Å². The maximum atomic E-state index is 12.6. The number of aliphatic carboxylic acids is 2. The molecule has 0 aliphatic heterocycles. The molecule has 3 atom stereocenters. The number of nitrogens with two attached hydrogens (primary N) is 1. The number of hydrogen-bond acceptors (Lipinski definition) is 20. The van der Waals surface area contributed by atoms with Crippen molar-refractivity contribution in [3.8, 4) is 0 Å². The highest BCUT2D eigenvalue weighted by molar-refractivity contribution is 7.90. The third-order valence-corrected chi connectivity index (χ3v) is 13.0. The third-order valence-electron chi connectivity index (χ3n) is 11.6. The van der Waals surface area contributed by atoms with Crippen LogP contribution in [-0.2, 0) is 78.5 Å². The smallest absolute Gasteiger partial charge is 0.326 e. The van der Waals surface area contributed by atoms with Crippen molar-refractivity contribution in [3.05, 3.63) is 35.7 Å². The molecule has 0 aliphatic rings. The molecule has 80 heavy (non-hydrogen) atoms. The minimum absolute atomic E-state index is 0.0248. The van der Waals surface area contributed by atoms with Crippen LogP contribution in [0.25, 0.3) is 0 Å². The van der Waals surface area contributed by atoms with Gasteiger partial charge in [-0.2, -0.15) is 5.21 Å². The van der Waals surface area contributed by atoms with Crippen LogP contribution in [0, 0.1) is 5.92 Å². The minimum Gasteiger partial charge on any atom is -0.481 e. The number of amides is 6. The summed E-state index contributed by atoms with van der Waals surface area (Å²) in [6, 6.07) is 4.83. The SMILES string of the molecule is CCCCNc1ccc(C(=O)NCCCC[C@H](NC(=O)COCCOCCCC(=O)CCC(NC(=O)CC[C@H](CC(=O)COCCOCCNC(=O)CCCS(=O)(=O)NC(=O)CCCc2nn[nH]n2)C(=O)O)C(=O)O)C(N)=O)cc1. The maximum absolute atomic E-state index is 12.6. The van der Waals surface area contributed by atoms with Crippen molar-refractivity contribution in [2.75, 3.05) is 83.6 Å². The lowest BCUT2D eigenvalue weighted by molar-refractivity contribution is -0.145. The highest BCUT2D eigenvalue weighted by Gasteiger charge is 2.26. The first-order valence-corrected chi connectivity index (χ1v) is 28.3. The van der Waals surface area contributed by atoms with Crippen LogP contribution >= 0.6 is 0 Å². The summed E-state index contributed by atoms with van der Waals surface area (Å²) in [6.45, 7) is 2.95. The van der Waals surface area contributed by atoms with Gasteiger partial charge in [0.05, 0.1) is 44.7 Å². The molecule has 0 bridgehead atoms. The Balaban J connectivity index is 1.49. The number of hydrogen-bond donors (Lipinski definition) is 10. The van der Waals surface area contributed by atoms with E-state index in [2.05, 4.69) is 54.1 Å². The number of ether oxygens (including phenoxy) is 4. The lowest BCUT2D eigenvalue weighted by Gasteiger charge is -2.16. The summed E-state index contributed by atoms with van der Waals surface area (Å²) in [4.78, 5) is 122. The zero-order valence-corrected chi connectivity index (χ0v) is 46.1. The normalized spacial score (nSPS) is 12.3. The summed E-state index contributed by atoms with van der Waals surface area (Å²) in [6.07, 6.45) is 2.69. The van der Waals surface area contributed by atoms with Gasteiger partial charge in [-0.15, -0.1) is 10.2 Å². The van der Waals surface area contributed by atoms with Gasteiger partial charge in [0.15, 0.2) is 11.6 Å². The first kappa shape index (κ1) is 69.1. The fraction of sp³-hybridized carbons (Fsp3) is 0.660. The molecule has 0 saturated carbocycles. The van der Waals surface area contributed by atoms with E-state index in [-0.39, 0.29) is 116 Å². The summed E-state index contributed by atoms with van der Waals surface area (Å²) in [5, 5.41) is 45.9. The number of nitrogens with zero attached hydrogens (tertiary/aromatic N) is 3. The van der Waals surface area contributed by atoms with Gasteiger partial charge in [0.2, 0.25) is 39.6 Å². The predicted molar refractivity (Wildman–Crippen MR) is 285 cm³/mol. The van der Waals surface area contributed by atoms with E-state index in [0.717, 1.165) is 25.1 Å². The van der Waals surface area contributed by atoms with Crippen molar-refractivity contribution in [1.82, 2.24) is 46.6 Å². The van der Waals surface area contributed by atoms with Crippen molar-refractivity contribution in [2.24, 2.45) is 11.7 Å². The molecule has 1 heterocycles. The number of sulfonamides is 1. The predicted octanol–water partition coefficient (Wildman–Crippen LogP) is -0.147. The molecule has 1 aromatic heterocycles. The number of carboxylic acids is 2. The third kappa shape index (κ3) is 34.1. The quantitative estimate of drug-likeness (QED) is 0.0385. The highest BCUT2D eigenvalue weighted by Crippen LogP contribution is 2.14. The number of carbonyl (C=O) groups is 10. The number of tetrazole rings is 1. The number of unbranched alkanes of at least 4 members (excludes halogenated alkanes) is 2. The first-order valence-electron chi connectivity index (χ1n) is 26.6. The van der Waals surface area contributed by atoms with Gasteiger partial charge < -0.3 is 61.5 Å². The van der Waals surface area contributed by atoms with Crippen molar-refractivity contribution < 1.29 is 85.5 Å². The summed E-state index contributed by atoms with van der Waals surface area (Å²) in [5.41, 5.74) is 6.94. The molecular formula is C50H79N11O18S. The number of aromatic amines is 1. The molecule has 29 nitrogen and oxygen atoms in total. The largest absolute Gasteiger partial charge is 0.481 e. The number of benzene rings is 1. The van der Waals surface area contributed by atoms with Crippen molar-refractivity contribution in [2.45, 2.75) is 128 Å². The molecule has 11 N–H and O–H groups in total. The zero-order valence-electron chi connectivity index (χ0n) is 45.3. The molecular weight excluding hydrogens is 1070 g/mol. The first-order chi connectivity index (χ1) is 38.3. The Morgan fingerprint density at radius 1 is 0.625 bits per heavy atom. The number of aryl methyl sites for hydroxylation is 1. The van der Waals surface area contributed by atoms with Gasteiger partial charge in [0.25, 0.3) is 5.91 Å². The molecule has 0 radical (unpaired) electrons. The molecule has 1 unspecified atom stereocenters. The van der Waals surface area contributed by atoms with Crippen molar-refractivity contribution in [3.63, 3.8) is 0 Å². The summed E-state index contributed by atoms with van der Waals surface area (Å²) in [7, 11) is -3.93. The summed E-state index contributed by atoms with van der Waals surface area (Å²) < 4.78 is 47.6. The molecule has 0 fully saturated rings. The Kier molecular flexibility index (Phi) is 35.5. The Hall–Kier alpha value is -7.02. The van der Waals surface area contributed by atoms with E-state index in [0.29, 0.717) is 50.0 Å². The molecule has 30 heteroatoms. The molecule has 2 rings (SSSR count). The van der Waals surface area contributed by atoms with Crippen molar-refractivity contribution in [1.29, 1.82) is 0 Å². The van der Waals surface area contributed by atoms with Crippen LogP contribution in [-0.4, -0.2) is 189 Å². The lowest BCUT2D eigenvalue weighted by Crippen LogP contribution is -2.45. The summed E-state index contributed by atoms with van der Waals surface area (Å²) in [5.74, 6) is -8.29. The highest BCUT2D eigenvalue weighted by atomic mass is 32.2. The maximum Gasteiger partial charge on any atom is 0.326 e. The monoisotopic (exact) mass is 1150 g/mol. The van der Waals surface area contributed by atoms with Gasteiger partial charge in [-0.3, -0.25) is 47.9 Å². The van der Waals surface area contributed by atoms with Crippen LogP contribution < -0.4 is 37.0 Å². The zero-order chi connectivity index (χ0) is 59.0. The van der Waals surface area contributed by atoms with Crippen LogP contribution in [0.2, 0.25) is 0 Å². The molecule has 2 aromatic rings. The van der Waals surface area contributed by atoms with Crippen LogP contribution in [0.15, 0.2) is 24.3 Å². The topological polar surface area (TPSA) is 435 Å². The minimum atomic E-state index is -3.93. The Morgan fingerprint density at radius 2 is 1.31 bits per heavy atom. The molecule has 1 aromatic carbocycles. The fourth-order valence-corrected chi connectivity index (χ4v) is 8.34. The number of nitrogens with one attached hydrogen (secondary N) is 7. The van der Waals surface area contributed by atoms with Crippen LogP contribution in [0.3, 0.4) is 0 Å². The van der Waals surface area contributed by atoms with E-state index < -0.39 is 100 Å². The Labute approximate surface area is 464 Å². The molecule has 0 spiro atoms. The molecule has 0 aliphatic carbocycles. The number of primary amides is 1. The standard InChI is InChI=1S/C50H79N11O18S/c1-2-3-22-52-37-17-14-35(15-18-37)48(69)54-23-5-4-10-40(47(51)68)55-46(67)34-79-30-27-76-25-7-9-38(62)19-20-41(50(72)73)56-44(65)21-16-36(49(70)71)32-39(63)33-78-29-28-77-26-24-53-43(64)13-8-31-80(74,75)59-45(66)12-6-11-42-57-60-61-58-42/h14-15,17-18,36,40-41,52H,2-13,16,19-34H2,1H3,(H2,51,68)(H,53,64)(H,54,69)(H,55,67)(H,56,65)(H,59,66)(H,70,71)(H,72,73)(H,57,58,60,61)/t36-,40+,41?/m1/s1. The average Bonchev–Trinajstić information content (AvgIpc) is 3.93. The van der Waals surface area contributed by atoms with E-state index in [4.69, 9.17) is 24.7 Å². The van der Waals surface area contributed by atoms with Crippen LogP contribution in [0.1, 0.15) is 126 Å². The second-order valence-corrected chi connectivity index (χ2v) is 20.2. The number of H-pyrrole nitrogens is 1. The van der Waals surface area contributed by atoms with E-state index in [1.807, 2.05) is 16.9 Å². The molecule has 448 valence electrons. The number of rotatable bonds is 49. The summed E-state index contributed by atoms with van der Waals surface area (Å²) >= 11 is 0. The number of carbonyl (C=O) groups excluding carboxylic acids is 8. The van der Waals surface area contributed by atoms with E-state index in [9.17, 15) is 66.6 Å². The van der Waals surface area contributed by atoms with Gasteiger partial charge in [-0.25, -0.2) is 13.2 Å². The number of ketones is 2. The number of anilines is 1. The number of carboxylic acid groups (broad SMARTS) is 2. The molecule has 0 saturated heterocycles. The molecule has 6 amide bonds. The van der Waals surface area contributed by atoms with Gasteiger partial charge in [-0.1, -0.05) is 18.6 Å². The van der Waals surface area contributed by atoms with Gasteiger partial charge in [0, 0.05) is 82.4 Å². The van der Waals surface area contributed by atoms with Crippen LogP contribution in [0.5, 0.6) is 0 Å². The lowest BCUT2D eigenvalue weighted by atomic mass is 9.97. The van der Waals surface area contributed by atoms with E-state index in [1.54, 1.807) is 12.1 Å². The van der Waals surface area contributed by atoms with Crippen LogP contribution in [0.4, 0.5) is 5.69 Å². The van der Waals surface area contributed by atoms with Crippen molar-refractivity contribution >= 4 is 74.7 Å². The van der Waals surface area contributed by atoms with E-state index in [1.165, 1.54) is 0 Å². The van der Waals surface area contributed by atoms with Gasteiger partial charge in [0.1, 0.15) is 31.1 Å². The van der Waals surface area contributed by atoms with Gasteiger partial charge in [-0.05, 0) is 82.1 Å². The number of Topliss-reactive ketones (excluding diaryl/α,β-unsaturated/α-hetero) is 2. The van der Waals surface area contributed by atoms with E-state index >= 15 is 0 Å². The Bertz CT molecular complexity index is 2340. The average molecular weight is 1150 g/mol. The fourth-order valence-electron chi connectivity index (χ4n) is 7.26.